The first-order valence-corrected chi connectivity index (χ1v) is 10.9. The van der Waals surface area contributed by atoms with Gasteiger partial charge in [0.2, 0.25) is 5.91 Å². The first kappa shape index (κ1) is 23.4. The second-order valence-electron chi connectivity index (χ2n) is 6.55. The Balaban J connectivity index is 1.78. The molecule has 11 nitrogen and oxygen atoms in total. The van der Waals surface area contributed by atoms with Crippen LogP contribution in [0.25, 0.3) is 0 Å². The van der Waals surface area contributed by atoms with E-state index >= 15 is 0 Å². The van der Waals surface area contributed by atoms with Crippen LogP contribution in [0, 0.1) is 0 Å². The summed E-state index contributed by atoms with van der Waals surface area (Å²) in [5, 5.41) is 11.8. The van der Waals surface area contributed by atoms with Gasteiger partial charge in [0.25, 0.3) is 11.8 Å². The third kappa shape index (κ3) is 5.51. The van der Waals surface area contributed by atoms with Crippen LogP contribution in [0.1, 0.15) is 5.56 Å². The van der Waals surface area contributed by atoms with Gasteiger partial charge in [-0.05, 0) is 5.56 Å². The van der Waals surface area contributed by atoms with Gasteiger partial charge in [-0.25, -0.2) is 4.79 Å². The van der Waals surface area contributed by atoms with Gasteiger partial charge in [-0.15, -0.1) is 23.4 Å². The van der Waals surface area contributed by atoms with E-state index in [-0.39, 0.29) is 23.9 Å². The lowest BCUT2D eigenvalue weighted by Gasteiger charge is -2.34. The molecule has 2 atom stereocenters. The molecule has 0 saturated carbocycles. The standard InChI is InChI=1S/C19H20ClN5O6S/c1-30-19(29)16-15(18(28)22-16)21-17(27)14(24-31-8-11-5-3-2-4-6-11)12-9-32-10-25(12)23-13(26)7-20/h2-6,9,15-16H,7-8,10H2,1H3,(H,21,27)(H,22,28)(H,23,26)/t15-,16-/m0/s1. The molecule has 1 aromatic carbocycles. The summed E-state index contributed by atoms with van der Waals surface area (Å²) in [6.45, 7) is 0.0841. The second kappa shape index (κ2) is 10.9. The van der Waals surface area contributed by atoms with Gasteiger partial charge in [-0.2, -0.15) is 0 Å². The largest absolute Gasteiger partial charge is 0.467 e. The molecule has 170 valence electrons. The Labute approximate surface area is 192 Å². The van der Waals surface area contributed by atoms with E-state index < -0.39 is 35.8 Å². The van der Waals surface area contributed by atoms with Crippen molar-refractivity contribution in [3.63, 3.8) is 0 Å². The lowest BCUT2D eigenvalue weighted by atomic mass is 9.98. The number of thioether (sulfide) groups is 1. The number of rotatable bonds is 9. The summed E-state index contributed by atoms with van der Waals surface area (Å²) >= 11 is 6.86. The summed E-state index contributed by atoms with van der Waals surface area (Å²) < 4.78 is 4.62. The fourth-order valence-electron chi connectivity index (χ4n) is 2.79. The minimum absolute atomic E-state index is 0.0841. The highest BCUT2D eigenvalue weighted by Gasteiger charge is 2.46. The fourth-order valence-corrected chi connectivity index (χ4v) is 3.68. The minimum Gasteiger partial charge on any atom is -0.467 e. The van der Waals surface area contributed by atoms with Crippen molar-refractivity contribution in [1.29, 1.82) is 0 Å². The monoisotopic (exact) mass is 481 g/mol. The third-order valence-corrected chi connectivity index (χ3v) is 5.45. The van der Waals surface area contributed by atoms with E-state index in [0.717, 1.165) is 5.56 Å². The van der Waals surface area contributed by atoms with Crippen molar-refractivity contribution in [2.45, 2.75) is 18.7 Å². The zero-order valence-electron chi connectivity index (χ0n) is 16.9. The summed E-state index contributed by atoms with van der Waals surface area (Å²) in [7, 11) is 1.17. The van der Waals surface area contributed by atoms with Crippen LogP contribution in [0.2, 0.25) is 0 Å². The summed E-state index contributed by atoms with van der Waals surface area (Å²) in [5.74, 6) is -2.46. The number of carbonyl (C=O) groups is 4. The van der Waals surface area contributed by atoms with Crippen LogP contribution in [0.3, 0.4) is 0 Å². The molecule has 3 amide bonds. The molecule has 0 aromatic heterocycles. The summed E-state index contributed by atoms with van der Waals surface area (Å²) in [5.41, 5.74) is 3.43. The van der Waals surface area contributed by atoms with Crippen molar-refractivity contribution in [2.75, 3.05) is 18.9 Å². The molecule has 13 heteroatoms. The minimum atomic E-state index is -1.13. The Morgan fingerprint density at radius 3 is 2.72 bits per heavy atom. The Morgan fingerprint density at radius 1 is 1.31 bits per heavy atom. The lowest BCUT2D eigenvalue weighted by Crippen LogP contribution is -2.72. The maximum Gasteiger partial charge on any atom is 0.331 e. The van der Waals surface area contributed by atoms with E-state index in [1.807, 2.05) is 30.3 Å². The molecule has 1 saturated heterocycles. The molecule has 0 unspecified atom stereocenters. The van der Waals surface area contributed by atoms with E-state index in [9.17, 15) is 19.2 Å². The number of methoxy groups -OCH3 is 1. The van der Waals surface area contributed by atoms with Crippen molar-refractivity contribution in [2.24, 2.45) is 5.16 Å². The van der Waals surface area contributed by atoms with Crippen LogP contribution in [0.5, 0.6) is 0 Å². The van der Waals surface area contributed by atoms with E-state index in [1.54, 1.807) is 5.41 Å². The molecule has 3 rings (SSSR count). The first-order chi connectivity index (χ1) is 15.4. The van der Waals surface area contributed by atoms with Crippen molar-refractivity contribution in [3.8, 4) is 0 Å². The highest BCUT2D eigenvalue weighted by atomic mass is 35.5. The molecule has 2 aliphatic heterocycles. The van der Waals surface area contributed by atoms with Gasteiger partial charge in [-0.1, -0.05) is 35.5 Å². The molecule has 3 N–H and O–H groups in total. The first-order valence-electron chi connectivity index (χ1n) is 9.32. The Hall–Kier alpha value is -3.25. The quantitative estimate of drug-likeness (QED) is 0.145. The number of esters is 1. The van der Waals surface area contributed by atoms with E-state index in [1.165, 1.54) is 23.9 Å². The van der Waals surface area contributed by atoms with Crippen molar-refractivity contribution in [3.05, 3.63) is 47.0 Å². The second-order valence-corrected chi connectivity index (χ2v) is 7.65. The van der Waals surface area contributed by atoms with Gasteiger partial charge >= 0.3 is 5.97 Å². The molecule has 0 radical (unpaired) electrons. The van der Waals surface area contributed by atoms with E-state index in [4.69, 9.17) is 16.4 Å². The van der Waals surface area contributed by atoms with E-state index in [0.29, 0.717) is 5.88 Å². The van der Waals surface area contributed by atoms with Crippen LogP contribution >= 0.6 is 23.4 Å². The lowest BCUT2D eigenvalue weighted by molar-refractivity contribution is -0.153. The van der Waals surface area contributed by atoms with Gasteiger partial charge in [0.1, 0.15) is 18.5 Å². The molecule has 0 bridgehead atoms. The average molecular weight is 482 g/mol. The number of carbonyl (C=O) groups excluding carboxylic acids is 4. The van der Waals surface area contributed by atoms with Crippen LogP contribution < -0.4 is 16.1 Å². The highest BCUT2D eigenvalue weighted by molar-refractivity contribution is 8.02. The van der Waals surface area contributed by atoms with Crippen LogP contribution in [-0.4, -0.2) is 65.4 Å². The summed E-state index contributed by atoms with van der Waals surface area (Å²) in [4.78, 5) is 53.8. The number of oxime groups is 1. The molecule has 1 fully saturated rings. The third-order valence-electron chi connectivity index (χ3n) is 4.41. The number of amides is 3. The number of nitrogens with one attached hydrogen (secondary N) is 3. The number of nitrogens with zero attached hydrogens (tertiary/aromatic N) is 2. The highest BCUT2D eigenvalue weighted by Crippen LogP contribution is 2.23. The van der Waals surface area contributed by atoms with Gasteiger partial charge < -0.3 is 20.2 Å². The van der Waals surface area contributed by atoms with Crippen molar-refractivity contribution >= 4 is 52.8 Å². The topological polar surface area (TPSA) is 138 Å². The van der Waals surface area contributed by atoms with Crippen LogP contribution in [0.15, 0.2) is 46.6 Å². The molecule has 1 aromatic rings. The molecule has 2 aliphatic rings. The smallest absolute Gasteiger partial charge is 0.331 e. The van der Waals surface area contributed by atoms with Gasteiger partial charge in [0.15, 0.2) is 11.8 Å². The van der Waals surface area contributed by atoms with Crippen LogP contribution in [-0.2, 0) is 35.4 Å². The average Bonchev–Trinajstić information content (AvgIpc) is 3.26. The number of hydrazine groups is 1. The Bertz CT molecular complexity index is 957. The molecule has 2 heterocycles. The van der Waals surface area contributed by atoms with Gasteiger partial charge in [0.05, 0.1) is 18.7 Å². The molecule has 32 heavy (non-hydrogen) atoms. The number of hydrogen-bond acceptors (Lipinski definition) is 9. The number of β-lactam (4-membered cyclic amide) rings is 1. The Kier molecular flexibility index (Phi) is 7.95. The fraction of sp³-hybridized carbons (Fsp3) is 0.316. The summed E-state index contributed by atoms with van der Waals surface area (Å²) in [6.07, 6.45) is 0. The molecule has 0 spiro atoms. The maximum atomic E-state index is 13.0. The van der Waals surface area contributed by atoms with Crippen molar-refractivity contribution < 1.29 is 28.8 Å². The number of ether oxygens (including phenoxy) is 1. The number of hydrogen-bond donors (Lipinski definition) is 3. The molecular formula is C19H20ClN5O6S. The van der Waals surface area contributed by atoms with Crippen molar-refractivity contribution in [1.82, 2.24) is 21.1 Å². The maximum absolute atomic E-state index is 13.0. The summed E-state index contributed by atoms with van der Waals surface area (Å²) in [6, 6.07) is 7.02. The zero-order chi connectivity index (χ0) is 23.1. The predicted octanol–water partition coefficient (Wildman–Crippen LogP) is -0.167. The number of halogens is 1. The van der Waals surface area contributed by atoms with Gasteiger partial charge in [0, 0.05) is 5.41 Å². The molecular weight excluding hydrogens is 462 g/mol. The Morgan fingerprint density at radius 2 is 2.06 bits per heavy atom. The zero-order valence-corrected chi connectivity index (χ0v) is 18.4. The van der Waals surface area contributed by atoms with Crippen LogP contribution in [0.4, 0.5) is 0 Å². The SMILES string of the molecule is COC(=O)[C@H]1NC(=O)[C@H]1NC(=O)C(=NOCc1ccccc1)C1=CSCN1NC(=O)CCl. The number of benzene rings is 1. The number of alkyl halides is 1. The normalized spacial score (nSPS) is 19.9. The molecule has 0 aliphatic carbocycles. The van der Waals surface area contributed by atoms with Gasteiger partial charge in [-0.3, -0.25) is 24.8 Å². The predicted molar refractivity (Wildman–Crippen MR) is 116 cm³/mol. The van der Waals surface area contributed by atoms with E-state index in [2.05, 4.69) is 26.0 Å².